The highest BCUT2D eigenvalue weighted by molar-refractivity contribution is 4.76. The molecule has 1 atom stereocenters. The van der Waals surface area contributed by atoms with Gasteiger partial charge in [0.1, 0.15) is 0 Å². The van der Waals surface area contributed by atoms with Crippen LogP contribution in [-0.2, 0) is 0 Å². The van der Waals surface area contributed by atoms with E-state index in [0.29, 0.717) is 6.61 Å². The summed E-state index contributed by atoms with van der Waals surface area (Å²) in [4.78, 5) is 0. The smallest absolute Gasteiger partial charge is 0.0588 e. The Morgan fingerprint density at radius 1 is 0.882 bits per heavy atom. The molecule has 2 N–H and O–H groups in total. The quantitative estimate of drug-likeness (QED) is 0.541. The number of unbranched alkanes of at least 4 members (excludes halogenated alkanes) is 6. The highest BCUT2D eigenvalue weighted by atomic mass is 16.3. The molecule has 0 bridgehead atoms. The highest BCUT2D eigenvalue weighted by Gasteiger charge is 2.25. The van der Waals surface area contributed by atoms with Gasteiger partial charge in [0.05, 0.1) is 6.10 Å². The van der Waals surface area contributed by atoms with Crippen LogP contribution in [0.15, 0.2) is 0 Å². The minimum absolute atomic E-state index is 0.0750. The van der Waals surface area contributed by atoms with Crippen LogP contribution < -0.4 is 0 Å². The standard InChI is InChI=1S/C15H32O2/c1-4-14(17)15(2,3)12-10-8-6-5-7-9-11-13-16/h14,16-17H,4-13H2,1-3H3. The molecule has 0 aliphatic heterocycles. The Labute approximate surface area is 107 Å². The van der Waals surface area contributed by atoms with E-state index < -0.39 is 0 Å². The predicted molar refractivity (Wildman–Crippen MR) is 74.1 cm³/mol. The molecule has 0 amide bonds. The van der Waals surface area contributed by atoms with Crippen molar-refractivity contribution < 1.29 is 10.2 Å². The molecule has 0 heterocycles. The van der Waals surface area contributed by atoms with Gasteiger partial charge in [-0.2, -0.15) is 0 Å². The summed E-state index contributed by atoms with van der Waals surface area (Å²) in [5, 5.41) is 18.5. The first-order valence-electron chi connectivity index (χ1n) is 7.33. The van der Waals surface area contributed by atoms with Gasteiger partial charge >= 0.3 is 0 Å². The largest absolute Gasteiger partial charge is 0.396 e. The average Bonchev–Trinajstić information content (AvgIpc) is 2.31. The fourth-order valence-electron chi connectivity index (χ4n) is 2.30. The third-order valence-corrected chi connectivity index (χ3v) is 3.77. The maximum absolute atomic E-state index is 9.86. The lowest BCUT2D eigenvalue weighted by atomic mass is 9.80. The normalized spacial score (nSPS) is 13.9. The van der Waals surface area contributed by atoms with Crippen LogP contribution in [0.4, 0.5) is 0 Å². The van der Waals surface area contributed by atoms with E-state index in [1.165, 1.54) is 32.1 Å². The number of rotatable bonds is 11. The van der Waals surface area contributed by atoms with E-state index in [1.54, 1.807) is 0 Å². The molecular weight excluding hydrogens is 212 g/mol. The Kier molecular flexibility index (Phi) is 9.85. The van der Waals surface area contributed by atoms with E-state index in [0.717, 1.165) is 25.7 Å². The minimum atomic E-state index is -0.160. The zero-order valence-electron chi connectivity index (χ0n) is 12.0. The lowest BCUT2D eigenvalue weighted by Crippen LogP contribution is -2.28. The third kappa shape index (κ3) is 8.62. The Balaban J connectivity index is 3.38. The summed E-state index contributed by atoms with van der Waals surface area (Å²) in [5.41, 5.74) is 0.0750. The van der Waals surface area contributed by atoms with E-state index in [1.807, 2.05) is 6.92 Å². The summed E-state index contributed by atoms with van der Waals surface area (Å²) < 4.78 is 0. The molecule has 1 unspecified atom stereocenters. The molecule has 0 fully saturated rings. The van der Waals surface area contributed by atoms with Crippen molar-refractivity contribution in [2.24, 2.45) is 5.41 Å². The molecule has 0 aromatic rings. The van der Waals surface area contributed by atoms with Gasteiger partial charge in [-0.1, -0.05) is 59.3 Å². The Bertz CT molecular complexity index is 166. The summed E-state index contributed by atoms with van der Waals surface area (Å²) in [7, 11) is 0. The van der Waals surface area contributed by atoms with E-state index in [9.17, 15) is 5.11 Å². The van der Waals surface area contributed by atoms with Crippen molar-refractivity contribution in [2.75, 3.05) is 6.61 Å². The number of hydrogen-bond acceptors (Lipinski definition) is 2. The molecule has 104 valence electrons. The first kappa shape index (κ1) is 16.9. The molecule has 0 rings (SSSR count). The molecule has 0 aromatic heterocycles. The maximum Gasteiger partial charge on any atom is 0.0588 e. The summed E-state index contributed by atoms with van der Waals surface area (Å²) in [6.07, 6.45) is 10.3. The molecule has 2 nitrogen and oxygen atoms in total. The number of aliphatic hydroxyl groups excluding tert-OH is 2. The van der Waals surface area contributed by atoms with E-state index in [-0.39, 0.29) is 11.5 Å². The molecule has 0 aliphatic carbocycles. The molecule has 0 radical (unpaired) electrons. The molecule has 0 aliphatic rings. The molecule has 0 saturated heterocycles. The van der Waals surface area contributed by atoms with Crippen molar-refractivity contribution in [3.63, 3.8) is 0 Å². The molecule has 17 heavy (non-hydrogen) atoms. The second-order valence-corrected chi connectivity index (χ2v) is 5.86. The lowest BCUT2D eigenvalue weighted by molar-refractivity contribution is 0.0393. The summed E-state index contributed by atoms with van der Waals surface area (Å²) >= 11 is 0. The Morgan fingerprint density at radius 2 is 1.35 bits per heavy atom. The van der Waals surface area contributed by atoms with Crippen LogP contribution in [0.3, 0.4) is 0 Å². The fourth-order valence-corrected chi connectivity index (χ4v) is 2.30. The van der Waals surface area contributed by atoms with Crippen LogP contribution in [0.25, 0.3) is 0 Å². The van der Waals surface area contributed by atoms with E-state index >= 15 is 0 Å². The van der Waals surface area contributed by atoms with Gasteiger partial charge in [0.2, 0.25) is 0 Å². The van der Waals surface area contributed by atoms with Gasteiger partial charge in [-0.25, -0.2) is 0 Å². The Hall–Kier alpha value is -0.0800. The summed E-state index contributed by atoms with van der Waals surface area (Å²) in [5.74, 6) is 0. The number of hydrogen-bond donors (Lipinski definition) is 2. The summed E-state index contributed by atoms with van der Waals surface area (Å²) in [6.45, 7) is 6.72. The van der Waals surface area contributed by atoms with Gasteiger partial charge in [-0.15, -0.1) is 0 Å². The second-order valence-electron chi connectivity index (χ2n) is 5.86. The average molecular weight is 244 g/mol. The fraction of sp³-hybridized carbons (Fsp3) is 1.00. The van der Waals surface area contributed by atoms with Crippen molar-refractivity contribution in [1.29, 1.82) is 0 Å². The predicted octanol–water partition coefficient (Wildman–Crippen LogP) is 3.90. The Morgan fingerprint density at radius 3 is 1.82 bits per heavy atom. The van der Waals surface area contributed by atoms with Crippen molar-refractivity contribution >= 4 is 0 Å². The van der Waals surface area contributed by atoms with Gasteiger partial charge in [0.25, 0.3) is 0 Å². The molecule has 0 aromatic carbocycles. The zero-order chi connectivity index (χ0) is 13.1. The van der Waals surface area contributed by atoms with E-state index in [2.05, 4.69) is 13.8 Å². The lowest BCUT2D eigenvalue weighted by Gasteiger charge is -2.29. The van der Waals surface area contributed by atoms with Crippen LogP contribution in [0.5, 0.6) is 0 Å². The van der Waals surface area contributed by atoms with Crippen molar-refractivity contribution in [3.8, 4) is 0 Å². The molecule has 0 spiro atoms. The second kappa shape index (κ2) is 9.90. The maximum atomic E-state index is 9.86. The first-order valence-corrected chi connectivity index (χ1v) is 7.33. The van der Waals surface area contributed by atoms with Crippen molar-refractivity contribution in [3.05, 3.63) is 0 Å². The SMILES string of the molecule is CCC(O)C(C)(C)CCCCCCCCCO. The highest BCUT2D eigenvalue weighted by Crippen LogP contribution is 2.29. The van der Waals surface area contributed by atoms with Crippen LogP contribution in [0.2, 0.25) is 0 Å². The topological polar surface area (TPSA) is 40.5 Å². The monoisotopic (exact) mass is 244 g/mol. The van der Waals surface area contributed by atoms with E-state index in [4.69, 9.17) is 5.11 Å². The minimum Gasteiger partial charge on any atom is -0.396 e. The van der Waals surface area contributed by atoms with Gasteiger partial charge in [0, 0.05) is 6.61 Å². The summed E-state index contributed by atoms with van der Waals surface area (Å²) in [6, 6.07) is 0. The van der Waals surface area contributed by atoms with Crippen molar-refractivity contribution in [1.82, 2.24) is 0 Å². The van der Waals surface area contributed by atoms with Crippen LogP contribution in [0, 0.1) is 5.41 Å². The van der Waals surface area contributed by atoms with Crippen LogP contribution >= 0.6 is 0 Å². The molecule has 0 saturated carbocycles. The van der Waals surface area contributed by atoms with Crippen LogP contribution in [0.1, 0.15) is 78.6 Å². The molecule has 2 heteroatoms. The van der Waals surface area contributed by atoms with Gasteiger partial charge in [-0.3, -0.25) is 0 Å². The number of aliphatic hydroxyl groups is 2. The van der Waals surface area contributed by atoms with Crippen LogP contribution in [-0.4, -0.2) is 22.9 Å². The third-order valence-electron chi connectivity index (χ3n) is 3.77. The van der Waals surface area contributed by atoms with Gasteiger partial charge in [-0.05, 0) is 24.7 Å². The first-order chi connectivity index (χ1) is 8.04. The zero-order valence-corrected chi connectivity index (χ0v) is 12.0. The van der Waals surface area contributed by atoms with Gasteiger partial charge in [0.15, 0.2) is 0 Å². The van der Waals surface area contributed by atoms with Gasteiger partial charge < -0.3 is 10.2 Å². The van der Waals surface area contributed by atoms with Crippen molar-refractivity contribution in [2.45, 2.75) is 84.7 Å². The molecular formula is C15H32O2.